The van der Waals surface area contributed by atoms with E-state index in [1.165, 1.54) is 0 Å². The maximum atomic E-state index is 11.5. The standard InChI is InChI=1S/C14H26N2O3/c1-4-15-14(3,13(17)18)7-10(2)16-8-11-5-6-12(9-16)19-11/h10-12,15H,4-9H2,1-3H3,(H,17,18). The normalized spacial score (nSPS) is 31.9. The molecule has 4 atom stereocenters. The second-order valence-electron chi connectivity index (χ2n) is 6.13. The van der Waals surface area contributed by atoms with Gasteiger partial charge in [0, 0.05) is 19.1 Å². The minimum absolute atomic E-state index is 0.257. The summed E-state index contributed by atoms with van der Waals surface area (Å²) in [4.78, 5) is 13.9. The first-order valence-electron chi connectivity index (χ1n) is 7.32. The van der Waals surface area contributed by atoms with E-state index in [1.54, 1.807) is 6.92 Å². The Morgan fingerprint density at radius 2 is 2.05 bits per heavy atom. The molecule has 0 saturated carbocycles. The molecule has 0 radical (unpaired) electrons. The first-order valence-corrected chi connectivity index (χ1v) is 7.32. The van der Waals surface area contributed by atoms with Crippen LogP contribution in [-0.4, -0.2) is 59.4 Å². The van der Waals surface area contributed by atoms with E-state index in [9.17, 15) is 9.90 Å². The van der Waals surface area contributed by atoms with Crippen LogP contribution in [0.25, 0.3) is 0 Å². The minimum Gasteiger partial charge on any atom is -0.480 e. The molecular formula is C14H26N2O3. The number of likely N-dealkylation sites (N-methyl/N-ethyl adjacent to an activating group) is 1. The van der Waals surface area contributed by atoms with E-state index in [1.807, 2.05) is 6.92 Å². The zero-order chi connectivity index (χ0) is 14.0. The predicted octanol–water partition coefficient (Wildman–Crippen LogP) is 1.08. The van der Waals surface area contributed by atoms with Crippen LogP contribution in [0.15, 0.2) is 0 Å². The number of carboxylic acid groups (broad SMARTS) is 1. The number of aliphatic carboxylic acids is 1. The van der Waals surface area contributed by atoms with Gasteiger partial charge >= 0.3 is 5.97 Å². The van der Waals surface area contributed by atoms with Crippen molar-refractivity contribution in [2.45, 2.75) is 63.8 Å². The van der Waals surface area contributed by atoms with Crippen LogP contribution in [0.2, 0.25) is 0 Å². The average molecular weight is 270 g/mol. The zero-order valence-corrected chi connectivity index (χ0v) is 12.2. The van der Waals surface area contributed by atoms with Gasteiger partial charge in [0.2, 0.25) is 0 Å². The number of fused-ring (bicyclic) bond motifs is 2. The predicted molar refractivity (Wildman–Crippen MR) is 73.3 cm³/mol. The van der Waals surface area contributed by atoms with E-state index >= 15 is 0 Å². The summed E-state index contributed by atoms with van der Waals surface area (Å²) >= 11 is 0. The molecule has 2 N–H and O–H groups in total. The summed E-state index contributed by atoms with van der Waals surface area (Å²) in [5.41, 5.74) is -0.842. The van der Waals surface area contributed by atoms with Gasteiger partial charge in [-0.2, -0.15) is 0 Å². The monoisotopic (exact) mass is 270 g/mol. The van der Waals surface area contributed by atoms with Crippen molar-refractivity contribution in [2.24, 2.45) is 0 Å². The molecule has 0 amide bonds. The van der Waals surface area contributed by atoms with Crippen LogP contribution < -0.4 is 5.32 Å². The fraction of sp³-hybridized carbons (Fsp3) is 0.929. The lowest BCUT2D eigenvalue weighted by molar-refractivity contribution is -0.145. The van der Waals surface area contributed by atoms with E-state index < -0.39 is 11.5 Å². The molecule has 0 aliphatic carbocycles. The van der Waals surface area contributed by atoms with Crippen LogP contribution in [0.3, 0.4) is 0 Å². The van der Waals surface area contributed by atoms with E-state index in [-0.39, 0.29) is 6.04 Å². The maximum absolute atomic E-state index is 11.5. The van der Waals surface area contributed by atoms with Crippen molar-refractivity contribution in [3.8, 4) is 0 Å². The summed E-state index contributed by atoms with van der Waals surface area (Å²) in [7, 11) is 0. The minimum atomic E-state index is -0.842. The molecule has 2 heterocycles. The molecule has 0 aromatic heterocycles. The number of likely N-dealkylation sites (tertiary alicyclic amines) is 1. The van der Waals surface area contributed by atoms with E-state index in [2.05, 4.69) is 17.1 Å². The number of nitrogens with zero attached hydrogens (tertiary/aromatic N) is 1. The molecule has 0 spiro atoms. The largest absolute Gasteiger partial charge is 0.480 e. The van der Waals surface area contributed by atoms with Gasteiger partial charge < -0.3 is 15.2 Å². The Hall–Kier alpha value is -0.650. The molecular weight excluding hydrogens is 244 g/mol. The Kier molecular flexibility index (Phi) is 4.48. The number of carboxylic acids is 1. The molecule has 2 bridgehead atoms. The van der Waals surface area contributed by atoms with Crippen molar-refractivity contribution in [3.63, 3.8) is 0 Å². The third-order valence-electron chi connectivity index (χ3n) is 4.44. The van der Waals surface area contributed by atoms with Gasteiger partial charge in [0.25, 0.3) is 0 Å². The number of hydrogen-bond acceptors (Lipinski definition) is 4. The number of hydrogen-bond donors (Lipinski definition) is 2. The smallest absolute Gasteiger partial charge is 0.323 e. The molecule has 0 aromatic rings. The van der Waals surface area contributed by atoms with Gasteiger partial charge in [-0.1, -0.05) is 6.92 Å². The van der Waals surface area contributed by atoms with Gasteiger partial charge in [-0.05, 0) is 39.7 Å². The summed E-state index contributed by atoms with van der Waals surface area (Å²) in [6, 6.07) is 0.257. The number of ether oxygens (including phenoxy) is 1. The van der Waals surface area contributed by atoms with E-state index in [0.717, 1.165) is 25.9 Å². The number of morpholine rings is 1. The first kappa shape index (κ1) is 14.8. The Balaban J connectivity index is 1.95. The molecule has 2 fully saturated rings. The lowest BCUT2D eigenvalue weighted by atomic mass is 9.92. The highest BCUT2D eigenvalue weighted by atomic mass is 16.5. The second-order valence-corrected chi connectivity index (χ2v) is 6.13. The third-order valence-corrected chi connectivity index (χ3v) is 4.44. The summed E-state index contributed by atoms with van der Waals surface area (Å²) in [6.45, 7) is 8.41. The molecule has 4 unspecified atom stereocenters. The molecule has 2 rings (SSSR count). The van der Waals surface area contributed by atoms with Crippen LogP contribution in [0.1, 0.15) is 40.0 Å². The summed E-state index contributed by atoms with van der Waals surface area (Å²) < 4.78 is 5.83. The number of rotatable bonds is 6. The van der Waals surface area contributed by atoms with Crippen LogP contribution in [-0.2, 0) is 9.53 Å². The summed E-state index contributed by atoms with van der Waals surface area (Å²) in [5, 5.41) is 12.5. The van der Waals surface area contributed by atoms with Crippen LogP contribution in [0.4, 0.5) is 0 Å². The lowest BCUT2D eigenvalue weighted by Crippen LogP contribution is -2.55. The third kappa shape index (κ3) is 3.27. The van der Waals surface area contributed by atoms with Gasteiger partial charge in [-0.3, -0.25) is 9.69 Å². The Bertz CT molecular complexity index is 325. The van der Waals surface area contributed by atoms with Crippen molar-refractivity contribution >= 4 is 5.97 Å². The molecule has 2 saturated heterocycles. The van der Waals surface area contributed by atoms with Gasteiger partial charge in [-0.25, -0.2) is 0 Å². The fourth-order valence-corrected chi connectivity index (χ4v) is 3.35. The molecule has 110 valence electrons. The van der Waals surface area contributed by atoms with Gasteiger partial charge in [-0.15, -0.1) is 0 Å². The maximum Gasteiger partial charge on any atom is 0.323 e. The van der Waals surface area contributed by atoms with Crippen LogP contribution >= 0.6 is 0 Å². The molecule has 2 aliphatic rings. The van der Waals surface area contributed by atoms with Gasteiger partial charge in [0.05, 0.1) is 12.2 Å². The van der Waals surface area contributed by atoms with E-state index in [0.29, 0.717) is 25.2 Å². The average Bonchev–Trinajstić information content (AvgIpc) is 2.68. The highest BCUT2D eigenvalue weighted by Crippen LogP contribution is 2.29. The topological polar surface area (TPSA) is 61.8 Å². The fourth-order valence-electron chi connectivity index (χ4n) is 3.35. The van der Waals surface area contributed by atoms with Crippen molar-refractivity contribution in [1.82, 2.24) is 10.2 Å². The van der Waals surface area contributed by atoms with Crippen molar-refractivity contribution in [3.05, 3.63) is 0 Å². The first-order chi connectivity index (χ1) is 8.94. The zero-order valence-electron chi connectivity index (χ0n) is 12.2. The quantitative estimate of drug-likeness (QED) is 0.756. The lowest BCUT2D eigenvalue weighted by Gasteiger charge is -2.39. The molecule has 5 nitrogen and oxygen atoms in total. The molecule has 0 aromatic carbocycles. The van der Waals surface area contributed by atoms with Crippen molar-refractivity contribution in [2.75, 3.05) is 19.6 Å². The molecule has 5 heteroatoms. The Labute approximate surface area is 115 Å². The SMILES string of the molecule is CCNC(C)(CC(C)N1CC2CCC(C1)O2)C(=O)O. The van der Waals surface area contributed by atoms with Crippen LogP contribution in [0, 0.1) is 0 Å². The summed E-state index contributed by atoms with van der Waals surface area (Å²) in [5.74, 6) is -0.766. The van der Waals surface area contributed by atoms with Crippen molar-refractivity contribution < 1.29 is 14.6 Å². The highest BCUT2D eigenvalue weighted by Gasteiger charge is 2.39. The Morgan fingerprint density at radius 3 is 2.53 bits per heavy atom. The highest BCUT2D eigenvalue weighted by molar-refractivity contribution is 5.78. The number of carbonyl (C=O) groups is 1. The number of nitrogens with one attached hydrogen (secondary N) is 1. The second kappa shape index (κ2) is 5.77. The molecule has 2 aliphatic heterocycles. The van der Waals surface area contributed by atoms with Gasteiger partial charge in [0.1, 0.15) is 5.54 Å². The van der Waals surface area contributed by atoms with Crippen LogP contribution in [0.5, 0.6) is 0 Å². The molecule has 19 heavy (non-hydrogen) atoms. The Morgan fingerprint density at radius 1 is 1.47 bits per heavy atom. The summed E-state index contributed by atoms with van der Waals surface area (Å²) in [6.07, 6.45) is 3.64. The van der Waals surface area contributed by atoms with Crippen molar-refractivity contribution in [1.29, 1.82) is 0 Å². The van der Waals surface area contributed by atoms with E-state index in [4.69, 9.17) is 4.74 Å². The van der Waals surface area contributed by atoms with Gasteiger partial charge in [0.15, 0.2) is 0 Å².